The molecule has 0 fully saturated rings. The minimum Gasteiger partial charge on any atom is -0.291 e. The van der Waals surface area contributed by atoms with Crippen molar-refractivity contribution in [3.8, 4) is 5.69 Å². The lowest BCUT2D eigenvalue weighted by Crippen LogP contribution is -2.15. The summed E-state index contributed by atoms with van der Waals surface area (Å²) in [7, 11) is 0. The van der Waals surface area contributed by atoms with Gasteiger partial charge in [-0.05, 0) is 41.4 Å². The van der Waals surface area contributed by atoms with Crippen LogP contribution in [0.3, 0.4) is 0 Å². The number of halogens is 3. The molecule has 0 radical (unpaired) electrons. The average molecular weight is 337 g/mol. The molecule has 106 valence electrons. The minimum absolute atomic E-state index is 0.0324. The largest absolute Gasteiger partial charge is 0.348 e. The molecule has 0 unspecified atom stereocenters. The molecular weight excluding hydrogens is 328 g/mol. The van der Waals surface area contributed by atoms with Crippen LogP contribution in [0.25, 0.3) is 5.69 Å². The molecule has 1 aromatic heterocycles. The summed E-state index contributed by atoms with van der Waals surface area (Å²) in [4.78, 5) is 33.9. The lowest BCUT2D eigenvalue weighted by molar-refractivity contribution is 0.100. The van der Waals surface area contributed by atoms with Crippen molar-refractivity contribution in [2.24, 2.45) is 0 Å². The van der Waals surface area contributed by atoms with Crippen molar-refractivity contribution < 1.29 is 9.59 Å². The van der Waals surface area contributed by atoms with Gasteiger partial charge in [-0.2, -0.15) is 4.68 Å². The van der Waals surface area contributed by atoms with Crippen LogP contribution in [-0.2, 0) is 0 Å². The Balaban J connectivity index is 0.000000444. The van der Waals surface area contributed by atoms with E-state index in [9.17, 15) is 9.59 Å². The number of carbonyl (C=O) groups excluding carboxylic acids is 2. The second-order valence-electron chi connectivity index (χ2n) is 3.45. The Bertz CT molecular complexity index is 689. The summed E-state index contributed by atoms with van der Waals surface area (Å²) < 4.78 is 0.211. The number of benzene rings is 1. The van der Waals surface area contributed by atoms with E-state index in [1.54, 1.807) is 24.3 Å². The van der Waals surface area contributed by atoms with Crippen LogP contribution >= 0.6 is 34.8 Å². The van der Waals surface area contributed by atoms with Crippen molar-refractivity contribution in [2.45, 2.75) is 6.92 Å². The minimum atomic E-state index is -0.889. The summed E-state index contributed by atoms with van der Waals surface area (Å²) in [5.74, 6) is -0.261. The lowest BCUT2D eigenvalue weighted by Gasteiger charge is -1.98. The maximum Gasteiger partial charge on any atom is 0.348 e. The van der Waals surface area contributed by atoms with Crippen LogP contribution in [0.4, 0.5) is 4.79 Å². The van der Waals surface area contributed by atoms with Gasteiger partial charge < -0.3 is 0 Å². The topological polar surface area (TPSA) is 84.8 Å². The molecule has 0 aliphatic rings. The van der Waals surface area contributed by atoms with E-state index in [0.717, 1.165) is 4.68 Å². The third-order valence-electron chi connectivity index (χ3n) is 2.00. The molecule has 0 aliphatic carbocycles. The van der Waals surface area contributed by atoms with Gasteiger partial charge in [-0.1, -0.05) is 17.7 Å². The van der Waals surface area contributed by atoms with Gasteiger partial charge in [0.2, 0.25) is 0 Å². The first-order valence-electron chi connectivity index (χ1n) is 5.12. The maximum atomic E-state index is 11.5. The SMILES string of the molecule is CC(=O)c1nn(-c2cccc(Cl)c2)c(=O)[nH]1.O=C(Cl)Cl. The van der Waals surface area contributed by atoms with Crippen LogP contribution in [0.1, 0.15) is 17.5 Å². The van der Waals surface area contributed by atoms with Crippen LogP contribution in [0, 0.1) is 0 Å². The van der Waals surface area contributed by atoms with Crippen LogP contribution in [0.2, 0.25) is 5.02 Å². The fraction of sp³-hybridized carbons (Fsp3) is 0.0909. The predicted octanol–water partition coefficient (Wildman–Crippen LogP) is 3.00. The first-order valence-corrected chi connectivity index (χ1v) is 6.26. The zero-order valence-electron chi connectivity index (χ0n) is 10.1. The van der Waals surface area contributed by atoms with Crippen molar-refractivity contribution in [3.05, 3.63) is 45.6 Å². The Morgan fingerprint density at radius 1 is 1.30 bits per heavy atom. The molecule has 0 bridgehead atoms. The predicted molar refractivity (Wildman–Crippen MR) is 76.3 cm³/mol. The quantitative estimate of drug-likeness (QED) is 0.675. The van der Waals surface area contributed by atoms with E-state index in [-0.39, 0.29) is 11.6 Å². The number of rotatable bonds is 2. The third-order valence-corrected chi connectivity index (χ3v) is 2.24. The molecule has 0 saturated carbocycles. The standard InChI is InChI=1S/C10H8ClN3O2.CCl2O/c1-6(15)9-12-10(16)14(13-9)8-4-2-3-7(11)5-8;2-1(3)4/h2-5H,1H3,(H,12,13,16);. The molecule has 20 heavy (non-hydrogen) atoms. The van der Waals surface area contributed by atoms with Crippen molar-refractivity contribution >= 4 is 45.3 Å². The van der Waals surface area contributed by atoms with Crippen molar-refractivity contribution in [2.75, 3.05) is 0 Å². The highest BCUT2D eigenvalue weighted by Crippen LogP contribution is 2.12. The van der Waals surface area contributed by atoms with Gasteiger partial charge in [-0.25, -0.2) is 4.79 Å². The van der Waals surface area contributed by atoms with Crippen LogP contribution in [-0.4, -0.2) is 25.2 Å². The van der Waals surface area contributed by atoms with Gasteiger partial charge in [0.1, 0.15) is 0 Å². The highest BCUT2D eigenvalue weighted by Gasteiger charge is 2.10. The molecule has 1 N–H and O–H groups in total. The van der Waals surface area contributed by atoms with Crippen molar-refractivity contribution in [1.29, 1.82) is 0 Å². The number of Topliss-reactive ketones (excluding diaryl/α,β-unsaturated/α-hetero) is 1. The molecule has 0 atom stereocenters. The smallest absolute Gasteiger partial charge is 0.291 e. The first kappa shape index (κ1) is 16.4. The van der Waals surface area contributed by atoms with E-state index in [1.807, 2.05) is 0 Å². The van der Waals surface area contributed by atoms with Gasteiger partial charge in [-0.15, -0.1) is 5.10 Å². The van der Waals surface area contributed by atoms with E-state index in [0.29, 0.717) is 10.7 Å². The van der Waals surface area contributed by atoms with Gasteiger partial charge in [-0.3, -0.25) is 14.6 Å². The number of hydrogen-bond acceptors (Lipinski definition) is 4. The summed E-state index contributed by atoms with van der Waals surface area (Å²) in [6, 6.07) is 6.66. The van der Waals surface area contributed by atoms with E-state index >= 15 is 0 Å². The molecule has 6 nitrogen and oxygen atoms in total. The van der Waals surface area contributed by atoms with Gasteiger partial charge >= 0.3 is 10.4 Å². The van der Waals surface area contributed by atoms with Crippen LogP contribution in [0.15, 0.2) is 29.1 Å². The van der Waals surface area contributed by atoms with E-state index < -0.39 is 10.4 Å². The fourth-order valence-corrected chi connectivity index (χ4v) is 1.45. The second-order valence-corrected chi connectivity index (χ2v) is 4.77. The molecule has 0 aliphatic heterocycles. The number of nitrogens with zero attached hydrogens (tertiary/aromatic N) is 2. The molecule has 1 aromatic carbocycles. The number of H-pyrrole nitrogens is 1. The molecular formula is C11H8Cl3N3O3. The number of aromatic nitrogens is 3. The Morgan fingerprint density at radius 3 is 2.35 bits per heavy atom. The molecule has 0 amide bonds. The van der Waals surface area contributed by atoms with Gasteiger partial charge in [0, 0.05) is 11.9 Å². The summed E-state index contributed by atoms with van der Waals surface area (Å²) in [6.07, 6.45) is 0. The Labute approximate surface area is 128 Å². The highest BCUT2D eigenvalue weighted by molar-refractivity contribution is 6.93. The summed E-state index contributed by atoms with van der Waals surface area (Å²) >= 11 is 14.6. The van der Waals surface area contributed by atoms with Crippen LogP contribution < -0.4 is 5.69 Å². The molecule has 1 heterocycles. The molecule has 0 spiro atoms. The summed E-state index contributed by atoms with van der Waals surface area (Å²) in [6.45, 7) is 1.33. The van der Waals surface area contributed by atoms with Crippen molar-refractivity contribution in [1.82, 2.24) is 14.8 Å². The lowest BCUT2D eigenvalue weighted by atomic mass is 10.3. The normalized spacial score (nSPS) is 9.60. The number of carbonyl (C=O) groups is 2. The average Bonchev–Trinajstić information content (AvgIpc) is 2.71. The number of nitrogens with one attached hydrogen (secondary N) is 1. The number of ketones is 1. The van der Waals surface area contributed by atoms with E-state index in [1.165, 1.54) is 6.92 Å². The zero-order valence-corrected chi connectivity index (χ0v) is 12.3. The molecule has 9 heteroatoms. The number of hydrogen-bond donors (Lipinski definition) is 1. The van der Waals surface area contributed by atoms with Crippen LogP contribution in [0.5, 0.6) is 0 Å². The van der Waals surface area contributed by atoms with E-state index in [4.69, 9.17) is 16.4 Å². The second kappa shape index (κ2) is 7.23. The third kappa shape index (κ3) is 4.80. The molecule has 0 saturated heterocycles. The summed E-state index contributed by atoms with van der Waals surface area (Å²) in [5.41, 5.74) is 0.0497. The van der Waals surface area contributed by atoms with Gasteiger partial charge in [0.05, 0.1) is 5.69 Å². The Hall–Kier alpha value is -1.63. The maximum absolute atomic E-state index is 11.5. The Kier molecular flexibility index (Phi) is 5.94. The Morgan fingerprint density at radius 2 is 1.90 bits per heavy atom. The summed E-state index contributed by atoms with van der Waals surface area (Å²) in [5, 5.41) is 4.36. The molecule has 2 aromatic rings. The monoisotopic (exact) mass is 335 g/mol. The molecule has 2 rings (SSSR count). The zero-order chi connectivity index (χ0) is 15.3. The van der Waals surface area contributed by atoms with Gasteiger partial charge in [0.25, 0.3) is 0 Å². The number of aromatic amines is 1. The first-order chi connectivity index (χ1) is 9.31. The van der Waals surface area contributed by atoms with E-state index in [2.05, 4.69) is 33.3 Å². The van der Waals surface area contributed by atoms with Crippen molar-refractivity contribution in [3.63, 3.8) is 0 Å². The highest BCUT2D eigenvalue weighted by atomic mass is 35.5. The van der Waals surface area contributed by atoms with Gasteiger partial charge in [0.15, 0.2) is 11.6 Å². The fourth-order valence-electron chi connectivity index (χ4n) is 1.27.